The van der Waals surface area contributed by atoms with Gasteiger partial charge in [-0.25, -0.2) is 18.4 Å². The van der Waals surface area contributed by atoms with Crippen LogP contribution in [0.5, 0.6) is 0 Å². The first-order valence-corrected chi connectivity index (χ1v) is 12.6. The van der Waals surface area contributed by atoms with Crippen LogP contribution in [0.4, 0.5) is 14.5 Å². The van der Waals surface area contributed by atoms with E-state index in [1.807, 2.05) is 62.3 Å². The number of hydrogen-bond acceptors (Lipinski definition) is 5. The SMILES string of the molecule is Cc1nn(C)c(C)c1Cn1nc(C)c(NC(=O)Cn2nc(C)c3c(C(F)F)cc(-c4ccccc4)nc32)c1C. The van der Waals surface area contributed by atoms with Gasteiger partial charge in [-0.05, 0) is 40.7 Å². The van der Waals surface area contributed by atoms with Crippen LogP contribution in [0.3, 0.4) is 0 Å². The van der Waals surface area contributed by atoms with E-state index in [1.165, 1.54) is 10.7 Å². The summed E-state index contributed by atoms with van der Waals surface area (Å²) in [6.45, 7) is 9.68. The molecule has 0 unspecified atom stereocenters. The average Bonchev–Trinajstić information content (AvgIpc) is 3.45. The third-order valence-electron chi connectivity index (χ3n) is 7.12. The molecule has 202 valence electrons. The molecule has 0 bridgehead atoms. The third kappa shape index (κ3) is 4.80. The number of aryl methyl sites for hydroxylation is 4. The summed E-state index contributed by atoms with van der Waals surface area (Å²) in [7, 11) is 1.90. The van der Waals surface area contributed by atoms with E-state index in [9.17, 15) is 13.6 Å². The lowest BCUT2D eigenvalue weighted by atomic mass is 10.1. The number of benzene rings is 1. The lowest BCUT2D eigenvalue weighted by Crippen LogP contribution is -2.20. The van der Waals surface area contributed by atoms with Gasteiger partial charge in [0.15, 0.2) is 5.65 Å². The first-order valence-electron chi connectivity index (χ1n) is 12.6. The van der Waals surface area contributed by atoms with Gasteiger partial charge in [-0.2, -0.15) is 15.3 Å². The molecule has 0 saturated carbocycles. The lowest BCUT2D eigenvalue weighted by Gasteiger charge is -2.10. The maximum absolute atomic E-state index is 14.1. The Bertz CT molecular complexity index is 1700. The Morgan fingerprint density at radius 3 is 2.26 bits per heavy atom. The molecule has 0 saturated heterocycles. The van der Waals surface area contributed by atoms with Crippen molar-refractivity contribution in [1.29, 1.82) is 0 Å². The Morgan fingerprint density at radius 1 is 0.923 bits per heavy atom. The summed E-state index contributed by atoms with van der Waals surface area (Å²) in [6, 6.07) is 10.5. The third-order valence-corrected chi connectivity index (χ3v) is 7.12. The predicted molar refractivity (Wildman–Crippen MR) is 145 cm³/mol. The van der Waals surface area contributed by atoms with E-state index >= 15 is 0 Å². The molecule has 11 heteroatoms. The van der Waals surface area contributed by atoms with Gasteiger partial charge in [0.2, 0.25) is 5.91 Å². The zero-order valence-electron chi connectivity index (χ0n) is 22.8. The van der Waals surface area contributed by atoms with Crippen molar-refractivity contribution in [2.45, 2.75) is 54.1 Å². The Balaban J connectivity index is 1.45. The number of anilines is 1. The molecular formula is C28H30F2N8O. The fourth-order valence-corrected chi connectivity index (χ4v) is 4.97. The zero-order valence-corrected chi connectivity index (χ0v) is 22.8. The molecule has 1 N–H and O–H groups in total. The van der Waals surface area contributed by atoms with Gasteiger partial charge < -0.3 is 5.32 Å². The number of fused-ring (bicyclic) bond motifs is 1. The highest BCUT2D eigenvalue weighted by atomic mass is 19.3. The molecule has 0 aliphatic carbocycles. The van der Waals surface area contributed by atoms with Crippen molar-refractivity contribution in [2.75, 3.05) is 5.32 Å². The normalized spacial score (nSPS) is 11.6. The van der Waals surface area contributed by atoms with Gasteiger partial charge in [-0.3, -0.25) is 14.2 Å². The Kier molecular flexibility index (Phi) is 6.75. The highest BCUT2D eigenvalue weighted by Crippen LogP contribution is 2.33. The molecule has 39 heavy (non-hydrogen) atoms. The van der Waals surface area contributed by atoms with Crippen molar-refractivity contribution in [1.82, 2.24) is 34.3 Å². The van der Waals surface area contributed by atoms with E-state index in [0.29, 0.717) is 34.9 Å². The van der Waals surface area contributed by atoms with Crippen molar-refractivity contribution in [2.24, 2.45) is 7.05 Å². The fourth-order valence-electron chi connectivity index (χ4n) is 4.97. The molecular weight excluding hydrogens is 502 g/mol. The first kappa shape index (κ1) is 26.2. The second-order valence-corrected chi connectivity index (χ2v) is 9.73. The second-order valence-electron chi connectivity index (χ2n) is 9.73. The molecule has 0 spiro atoms. The summed E-state index contributed by atoms with van der Waals surface area (Å²) in [5.74, 6) is -0.357. The number of pyridine rings is 1. The number of nitrogens with zero attached hydrogens (tertiary/aromatic N) is 7. The topological polar surface area (TPSA) is 95.5 Å². The van der Waals surface area contributed by atoms with E-state index in [-0.39, 0.29) is 29.0 Å². The van der Waals surface area contributed by atoms with Crippen LogP contribution in [0.2, 0.25) is 0 Å². The molecule has 0 radical (unpaired) electrons. The van der Waals surface area contributed by atoms with Crippen molar-refractivity contribution >= 4 is 22.6 Å². The molecule has 1 amide bonds. The Morgan fingerprint density at radius 2 is 1.62 bits per heavy atom. The minimum atomic E-state index is -2.72. The number of halogens is 2. The second kappa shape index (κ2) is 10.0. The molecule has 0 aliphatic heterocycles. The van der Waals surface area contributed by atoms with Gasteiger partial charge >= 0.3 is 0 Å². The minimum Gasteiger partial charge on any atom is -0.321 e. The van der Waals surface area contributed by atoms with Crippen LogP contribution >= 0.6 is 0 Å². The van der Waals surface area contributed by atoms with Gasteiger partial charge in [0.25, 0.3) is 6.43 Å². The number of alkyl halides is 2. The van der Waals surface area contributed by atoms with Gasteiger partial charge in [-0.1, -0.05) is 30.3 Å². The van der Waals surface area contributed by atoms with Gasteiger partial charge in [0, 0.05) is 29.4 Å². The van der Waals surface area contributed by atoms with E-state index in [0.717, 1.165) is 22.6 Å². The fraction of sp³-hybridized carbons (Fsp3) is 0.321. The van der Waals surface area contributed by atoms with E-state index < -0.39 is 6.43 Å². The molecule has 5 rings (SSSR count). The highest BCUT2D eigenvalue weighted by molar-refractivity contribution is 5.93. The van der Waals surface area contributed by atoms with E-state index in [4.69, 9.17) is 0 Å². The molecule has 5 aromatic rings. The van der Waals surface area contributed by atoms with Crippen molar-refractivity contribution in [3.63, 3.8) is 0 Å². The molecule has 0 atom stereocenters. The van der Waals surface area contributed by atoms with Crippen LogP contribution in [0.25, 0.3) is 22.3 Å². The number of nitrogens with one attached hydrogen (secondary N) is 1. The van der Waals surface area contributed by atoms with Crippen molar-refractivity contribution in [3.8, 4) is 11.3 Å². The predicted octanol–water partition coefficient (Wildman–Crippen LogP) is 5.20. The largest absolute Gasteiger partial charge is 0.321 e. The number of hydrogen-bond donors (Lipinski definition) is 1. The number of rotatable bonds is 7. The first-order chi connectivity index (χ1) is 18.5. The Hall–Kier alpha value is -4.41. The smallest absolute Gasteiger partial charge is 0.264 e. The highest BCUT2D eigenvalue weighted by Gasteiger charge is 2.23. The number of aromatic nitrogens is 7. The van der Waals surface area contributed by atoms with Gasteiger partial charge in [0.1, 0.15) is 6.54 Å². The maximum atomic E-state index is 14.1. The molecule has 0 aliphatic rings. The van der Waals surface area contributed by atoms with E-state index in [2.05, 4.69) is 25.6 Å². The van der Waals surface area contributed by atoms with Crippen LogP contribution in [-0.2, 0) is 24.9 Å². The summed E-state index contributed by atoms with van der Waals surface area (Å²) in [4.78, 5) is 17.8. The summed E-state index contributed by atoms with van der Waals surface area (Å²) >= 11 is 0. The zero-order chi connectivity index (χ0) is 28.0. The molecule has 9 nitrogen and oxygen atoms in total. The van der Waals surface area contributed by atoms with Gasteiger partial charge in [-0.15, -0.1) is 0 Å². The van der Waals surface area contributed by atoms with Gasteiger partial charge in [0.05, 0.1) is 46.1 Å². The van der Waals surface area contributed by atoms with Crippen LogP contribution in [0.1, 0.15) is 46.0 Å². The van der Waals surface area contributed by atoms with Crippen LogP contribution in [0, 0.1) is 34.6 Å². The van der Waals surface area contributed by atoms with Crippen LogP contribution < -0.4 is 5.32 Å². The van der Waals surface area contributed by atoms with Crippen molar-refractivity contribution < 1.29 is 13.6 Å². The summed E-state index contributed by atoms with van der Waals surface area (Å²) in [5, 5.41) is 16.7. The number of carbonyl (C=O) groups excluding carboxylic acids is 1. The lowest BCUT2D eigenvalue weighted by molar-refractivity contribution is -0.116. The Labute approximate surface area is 224 Å². The molecule has 4 heterocycles. The van der Waals surface area contributed by atoms with Crippen LogP contribution in [-0.4, -0.2) is 40.2 Å². The number of carbonyl (C=O) groups is 1. The quantitative estimate of drug-likeness (QED) is 0.311. The standard InChI is InChI=1S/C28H30F2N8O/c1-15-22(18(4)36(6)33-15)13-37-19(5)26(17(3)35-37)32-24(39)14-38-28-25(16(2)34-38)21(27(29)30)12-23(31-28)20-10-8-7-9-11-20/h7-12,27H,13-14H2,1-6H3,(H,32,39). The number of amides is 1. The van der Waals surface area contributed by atoms with E-state index in [1.54, 1.807) is 19.1 Å². The molecule has 4 aromatic heterocycles. The summed E-state index contributed by atoms with van der Waals surface area (Å²) < 4.78 is 33.2. The average molecular weight is 533 g/mol. The van der Waals surface area contributed by atoms with Crippen molar-refractivity contribution in [3.05, 3.63) is 76.0 Å². The van der Waals surface area contributed by atoms with Crippen LogP contribution in [0.15, 0.2) is 36.4 Å². The summed E-state index contributed by atoms with van der Waals surface area (Å²) in [5.41, 5.74) is 6.72. The monoisotopic (exact) mass is 532 g/mol. The molecule has 1 aromatic carbocycles. The summed E-state index contributed by atoms with van der Waals surface area (Å²) in [6.07, 6.45) is -2.72. The molecule has 0 fully saturated rings. The minimum absolute atomic E-state index is 0.156. The maximum Gasteiger partial charge on any atom is 0.264 e.